The zero-order valence-corrected chi connectivity index (χ0v) is 6.73. The van der Waals surface area contributed by atoms with Gasteiger partial charge in [0.1, 0.15) is 0 Å². The van der Waals surface area contributed by atoms with E-state index in [0.717, 1.165) is 4.43 Å². The van der Waals surface area contributed by atoms with Crippen LogP contribution in [0.15, 0.2) is 0 Å². The second kappa shape index (κ2) is 3.60. The van der Waals surface area contributed by atoms with Crippen LogP contribution in [0.5, 0.6) is 0 Å². The van der Waals surface area contributed by atoms with Gasteiger partial charge in [-0.05, 0) is 22.6 Å². The Labute approximate surface area is 58.4 Å². The highest BCUT2D eigenvalue weighted by molar-refractivity contribution is 14.1. The molecule has 0 aromatic carbocycles. The lowest BCUT2D eigenvalue weighted by atomic mass is 10.9. The molecule has 3 heteroatoms. The first-order valence-electron chi connectivity index (χ1n) is 1.03. The van der Waals surface area contributed by atoms with Crippen LogP contribution in [-0.2, 0) is 0 Å². The van der Waals surface area contributed by atoms with Gasteiger partial charge in [-0.25, -0.2) is 0 Å². The Morgan fingerprint density at radius 3 is 2.00 bits per heavy atom. The molecule has 0 aliphatic carbocycles. The van der Waals surface area contributed by atoms with E-state index < -0.39 is 0 Å². The number of halogens is 2. The third-order valence-electron chi connectivity index (χ3n) is 0.110. The van der Waals surface area contributed by atoms with Crippen molar-refractivity contribution in [3.05, 3.63) is 4.11 Å². The molecule has 5 heavy (non-hydrogen) atoms. The molecule has 0 rings (SSSR count). The Kier molecular flexibility index (Phi) is 4.63. The Hall–Kier alpha value is 1.42. The minimum Gasteiger partial charge on any atom is -0.375 e. The topological polar surface area (TPSA) is 20.2 Å². The number of alkyl halides is 1. The maximum Gasteiger partial charge on any atom is 0.162 e. The molecule has 0 aliphatic heterocycles. The van der Waals surface area contributed by atoms with Crippen LogP contribution in [0.4, 0.5) is 0 Å². The van der Waals surface area contributed by atoms with E-state index in [4.69, 9.17) is 5.11 Å². The third-order valence-corrected chi connectivity index (χ3v) is 2.67. The molecule has 0 aliphatic rings. The molecular formula is C2H3I2O. The molecule has 1 nitrogen and oxygen atoms in total. The van der Waals surface area contributed by atoms with Gasteiger partial charge >= 0.3 is 0 Å². The molecule has 0 amide bonds. The largest absolute Gasteiger partial charge is 0.375 e. The van der Waals surface area contributed by atoms with Crippen LogP contribution in [0.2, 0.25) is 0 Å². The van der Waals surface area contributed by atoms with Crippen molar-refractivity contribution < 1.29 is 5.11 Å². The summed E-state index contributed by atoms with van der Waals surface area (Å²) in [7, 11) is 0. The molecule has 0 heterocycles. The van der Waals surface area contributed by atoms with Crippen molar-refractivity contribution in [2.45, 2.75) is 0 Å². The number of aliphatic hydroxyl groups excluding tert-OH is 1. The average molecular weight is 297 g/mol. The quantitative estimate of drug-likeness (QED) is 0.577. The van der Waals surface area contributed by atoms with E-state index in [1.165, 1.54) is 0 Å². The zero-order valence-electron chi connectivity index (χ0n) is 2.41. The number of rotatable bonds is 1. The maximum atomic E-state index is 8.26. The monoisotopic (exact) mass is 297 g/mol. The van der Waals surface area contributed by atoms with Gasteiger partial charge in [-0.15, -0.1) is 0 Å². The normalized spacial score (nSPS) is 9.60. The van der Waals surface area contributed by atoms with E-state index in [0.29, 0.717) is 4.11 Å². The lowest BCUT2D eigenvalue weighted by molar-refractivity contribution is 0.396. The van der Waals surface area contributed by atoms with Crippen LogP contribution >= 0.6 is 45.2 Å². The summed E-state index contributed by atoms with van der Waals surface area (Å²) in [5.74, 6) is 0. The van der Waals surface area contributed by atoms with Crippen LogP contribution in [-0.4, -0.2) is 9.53 Å². The Bertz CT molecular complexity index is 21.6. The van der Waals surface area contributed by atoms with Crippen molar-refractivity contribution in [2.24, 2.45) is 0 Å². The summed E-state index contributed by atoms with van der Waals surface area (Å²) in [6.07, 6.45) is 0. The fourth-order valence-electron chi connectivity index (χ4n) is 0. The van der Waals surface area contributed by atoms with E-state index >= 15 is 0 Å². The first kappa shape index (κ1) is 6.42. The van der Waals surface area contributed by atoms with Crippen molar-refractivity contribution in [1.82, 2.24) is 0 Å². The zero-order chi connectivity index (χ0) is 4.28. The molecule has 0 aromatic heterocycles. The van der Waals surface area contributed by atoms with E-state index in [9.17, 15) is 0 Å². The molecule has 0 spiro atoms. The molecule has 0 atom stereocenters. The maximum absolute atomic E-state index is 8.26. The van der Waals surface area contributed by atoms with Gasteiger partial charge in [-0.3, -0.25) is 0 Å². The molecule has 0 unspecified atom stereocenters. The highest BCUT2D eigenvalue weighted by Crippen LogP contribution is 2.06. The van der Waals surface area contributed by atoms with Gasteiger partial charge in [0.15, 0.2) is 4.11 Å². The van der Waals surface area contributed by atoms with Gasteiger partial charge in [-0.1, -0.05) is 22.6 Å². The van der Waals surface area contributed by atoms with Crippen LogP contribution in [0.25, 0.3) is 0 Å². The molecule has 0 fully saturated rings. The summed E-state index contributed by atoms with van der Waals surface area (Å²) < 4.78 is 1.20. The summed E-state index contributed by atoms with van der Waals surface area (Å²) in [5, 5.41) is 8.26. The highest BCUT2D eigenvalue weighted by Gasteiger charge is 1.88. The molecule has 31 valence electrons. The van der Waals surface area contributed by atoms with Gasteiger partial charge in [0.05, 0.1) is 0 Å². The van der Waals surface area contributed by atoms with Crippen molar-refractivity contribution in [3.8, 4) is 0 Å². The average Bonchev–Trinajstić information content (AvgIpc) is 1.38. The van der Waals surface area contributed by atoms with Gasteiger partial charge in [0.2, 0.25) is 0 Å². The van der Waals surface area contributed by atoms with Crippen molar-refractivity contribution in [2.75, 3.05) is 4.43 Å². The van der Waals surface area contributed by atoms with E-state index in [1.807, 2.05) is 22.6 Å². The Morgan fingerprint density at radius 2 is 2.00 bits per heavy atom. The van der Waals surface area contributed by atoms with Crippen LogP contribution in [0, 0.1) is 4.11 Å². The van der Waals surface area contributed by atoms with Crippen LogP contribution < -0.4 is 0 Å². The molecule has 1 N–H and O–H groups in total. The molecular weight excluding hydrogens is 294 g/mol. The number of hydrogen-bond donors (Lipinski definition) is 1. The summed E-state index contributed by atoms with van der Waals surface area (Å²) in [6.45, 7) is 0. The van der Waals surface area contributed by atoms with E-state index in [2.05, 4.69) is 22.6 Å². The minimum atomic E-state index is 0.461. The lowest BCUT2D eigenvalue weighted by Gasteiger charge is -1.84. The fraction of sp³-hybridized carbons (Fsp3) is 0.500. The first-order chi connectivity index (χ1) is 2.27. The predicted octanol–water partition coefficient (Wildman–Crippen LogP) is 1.72. The third kappa shape index (κ3) is 5.42. The van der Waals surface area contributed by atoms with Crippen LogP contribution in [0.1, 0.15) is 0 Å². The summed E-state index contributed by atoms with van der Waals surface area (Å²) in [5.41, 5.74) is 0. The fourth-order valence-corrected chi connectivity index (χ4v) is 0. The van der Waals surface area contributed by atoms with Crippen molar-refractivity contribution in [1.29, 1.82) is 0 Å². The summed E-state index contributed by atoms with van der Waals surface area (Å²) in [4.78, 5) is 0. The van der Waals surface area contributed by atoms with Crippen molar-refractivity contribution in [3.63, 3.8) is 0 Å². The van der Waals surface area contributed by atoms with Gasteiger partial charge in [0.25, 0.3) is 0 Å². The molecule has 0 saturated heterocycles. The van der Waals surface area contributed by atoms with Gasteiger partial charge < -0.3 is 5.11 Å². The molecule has 1 radical (unpaired) electrons. The minimum absolute atomic E-state index is 0.461. The van der Waals surface area contributed by atoms with E-state index in [1.54, 1.807) is 0 Å². The smallest absolute Gasteiger partial charge is 0.162 e. The highest BCUT2D eigenvalue weighted by atomic mass is 127. The van der Waals surface area contributed by atoms with E-state index in [-0.39, 0.29) is 0 Å². The lowest BCUT2D eigenvalue weighted by Crippen LogP contribution is -1.79. The summed E-state index contributed by atoms with van der Waals surface area (Å²) in [6, 6.07) is 0. The molecule has 0 saturated carbocycles. The Balaban J connectivity index is 2.54. The Morgan fingerprint density at radius 1 is 1.80 bits per heavy atom. The SMILES string of the molecule is O[C](I)CI. The number of hydrogen-bond acceptors (Lipinski definition) is 1. The summed E-state index contributed by atoms with van der Waals surface area (Å²) >= 11 is 3.95. The second-order valence-corrected chi connectivity index (χ2v) is 2.52. The first-order valence-corrected chi connectivity index (χ1v) is 3.64. The standard InChI is InChI=1S/C2H3I2O/c3-1-2(4)5/h5H,1H2. The van der Waals surface area contributed by atoms with Crippen LogP contribution in [0.3, 0.4) is 0 Å². The predicted molar refractivity (Wildman–Crippen MR) is 38.1 cm³/mol. The molecule has 0 bridgehead atoms. The van der Waals surface area contributed by atoms with Gasteiger partial charge in [-0.2, -0.15) is 0 Å². The number of aliphatic hydroxyl groups is 1. The van der Waals surface area contributed by atoms with Crippen molar-refractivity contribution >= 4 is 45.2 Å². The second-order valence-electron chi connectivity index (χ2n) is 0.510. The molecule has 0 aromatic rings. The van der Waals surface area contributed by atoms with Gasteiger partial charge in [0, 0.05) is 4.43 Å².